The third kappa shape index (κ3) is 6.08. The number of hydrogen-bond acceptors (Lipinski definition) is 6. The second kappa shape index (κ2) is 10.5. The lowest BCUT2D eigenvalue weighted by atomic mass is 10.1. The van der Waals surface area contributed by atoms with Crippen molar-refractivity contribution in [1.82, 2.24) is 5.32 Å². The summed E-state index contributed by atoms with van der Waals surface area (Å²) < 4.78 is 10.8. The molecular weight excluding hydrogens is 440 g/mol. The van der Waals surface area contributed by atoms with Gasteiger partial charge in [-0.05, 0) is 54.8 Å². The number of carboxylic acids is 1. The molecule has 1 amide bonds. The summed E-state index contributed by atoms with van der Waals surface area (Å²) in [6.45, 7) is 3.70. The molecule has 1 aliphatic heterocycles. The minimum Gasteiger partial charge on any atom is -0.490 e. The van der Waals surface area contributed by atoms with Gasteiger partial charge in [-0.1, -0.05) is 42.4 Å². The molecule has 0 radical (unpaired) electrons. The van der Waals surface area contributed by atoms with Crippen LogP contribution in [0.1, 0.15) is 25.0 Å². The SMILES string of the molecule is CCOc1cc(/C=C2\S[C@@H](Nc3ccc(CC)cc3)NC2=O)cc(Cl)c1OCC(=O)O. The second-order valence-corrected chi connectivity index (χ2v) is 8.17. The highest BCUT2D eigenvalue weighted by atomic mass is 35.5. The zero-order valence-corrected chi connectivity index (χ0v) is 18.7. The number of halogens is 1. The molecule has 1 aliphatic rings. The van der Waals surface area contributed by atoms with Crippen LogP contribution in [0.4, 0.5) is 5.69 Å². The average molecular weight is 463 g/mol. The number of thioether (sulfide) groups is 1. The van der Waals surface area contributed by atoms with Crippen LogP contribution in [-0.4, -0.2) is 35.7 Å². The summed E-state index contributed by atoms with van der Waals surface area (Å²) >= 11 is 7.65. The number of rotatable bonds is 9. The van der Waals surface area contributed by atoms with Gasteiger partial charge < -0.3 is 25.2 Å². The summed E-state index contributed by atoms with van der Waals surface area (Å²) in [6, 6.07) is 11.3. The number of aliphatic carboxylic acids is 1. The fourth-order valence-electron chi connectivity index (χ4n) is 2.91. The van der Waals surface area contributed by atoms with Crippen molar-refractivity contribution in [3.8, 4) is 11.5 Å². The minimum atomic E-state index is -1.12. The average Bonchev–Trinajstić information content (AvgIpc) is 3.06. The quantitative estimate of drug-likeness (QED) is 0.476. The smallest absolute Gasteiger partial charge is 0.341 e. The van der Waals surface area contributed by atoms with E-state index in [1.165, 1.54) is 17.3 Å². The maximum atomic E-state index is 12.4. The monoisotopic (exact) mass is 462 g/mol. The van der Waals surface area contributed by atoms with E-state index in [4.69, 9.17) is 26.2 Å². The Hall–Kier alpha value is -2.84. The van der Waals surface area contributed by atoms with Gasteiger partial charge in [-0.3, -0.25) is 4.79 Å². The van der Waals surface area contributed by atoms with Gasteiger partial charge in [0, 0.05) is 5.69 Å². The molecular formula is C22H23ClN2O5S. The molecule has 0 aliphatic carbocycles. The lowest BCUT2D eigenvalue weighted by molar-refractivity contribution is -0.139. The van der Waals surface area contributed by atoms with Crippen molar-refractivity contribution in [2.24, 2.45) is 0 Å². The van der Waals surface area contributed by atoms with Crippen molar-refractivity contribution in [1.29, 1.82) is 0 Å². The molecule has 0 bridgehead atoms. The van der Waals surface area contributed by atoms with Gasteiger partial charge in [0.15, 0.2) is 23.6 Å². The number of amides is 1. The molecule has 3 N–H and O–H groups in total. The Morgan fingerprint density at radius 2 is 2.00 bits per heavy atom. The van der Waals surface area contributed by atoms with Gasteiger partial charge in [0.25, 0.3) is 5.91 Å². The second-order valence-electron chi connectivity index (χ2n) is 6.62. The highest BCUT2D eigenvalue weighted by Crippen LogP contribution is 2.38. The van der Waals surface area contributed by atoms with E-state index >= 15 is 0 Å². The zero-order valence-electron chi connectivity index (χ0n) is 17.1. The first-order chi connectivity index (χ1) is 14.9. The molecule has 2 aromatic rings. The van der Waals surface area contributed by atoms with Crippen LogP contribution in [0.2, 0.25) is 5.02 Å². The van der Waals surface area contributed by atoms with Crippen molar-refractivity contribution >= 4 is 47.0 Å². The number of hydrogen-bond donors (Lipinski definition) is 3. The van der Waals surface area contributed by atoms with Crippen LogP contribution in [0, 0.1) is 0 Å². The minimum absolute atomic E-state index is 0.159. The predicted octanol–water partition coefficient (Wildman–Crippen LogP) is 4.36. The van der Waals surface area contributed by atoms with Gasteiger partial charge >= 0.3 is 5.97 Å². The number of carbonyl (C=O) groups is 2. The van der Waals surface area contributed by atoms with E-state index in [9.17, 15) is 9.59 Å². The molecule has 0 spiro atoms. The highest BCUT2D eigenvalue weighted by Gasteiger charge is 2.27. The number of benzene rings is 2. The van der Waals surface area contributed by atoms with E-state index in [0.717, 1.165) is 12.1 Å². The molecule has 0 saturated carbocycles. The Kier molecular flexibility index (Phi) is 7.70. The van der Waals surface area contributed by atoms with E-state index in [1.807, 2.05) is 24.3 Å². The van der Waals surface area contributed by atoms with Gasteiger partial charge in [-0.15, -0.1) is 0 Å². The molecule has 1 saturated heterocycles. The first-order valence-corrected chi connectivity index (χ1v) is 11.0. The van der Waals surface area contributed by atoms with E-state index in [-0.39, 0.29) is 22.2 Å². The highest BCUT2D eigenvalue weighted by molar-refractivity contribution is 8.05. The van der Waals surface area contributed by atoms with E-state index < -0.39 is 12.6 Å². The fraction of sp³-hybridized carbons (Fsp3) is 0.273. The lowest BCUT2D eigenvalue weighted by Gasteiger charge is -2.13. The summed E-state index contributed by atoms with van der Waals surface area (Å²) in [5.74, 6) is -0.844. The summed E-state index contributed by atoms with van der Waals surface area (Å²) in [7, 11) is 0. The van der Waals surface area contributed by atoms with Gasteiger partial charge in [0.05, 0.1) is 16.5 Å². The molecule has 7 nitrogen and oxygen atoms in total. The van der Waals surface area contributed by atoms with Crippen LogP contribution in [0.15, 0.2) is 41.3 Å². The summed E-state index contributed by atoms with van der Waals surface area (Å²) in [5.41, 5.74) is 2.50. The Bertz CT molecular complexity index is 994. The van der Waals surface area contributed by atoms with Crippen LogP contribution in [0.3, 0.4) is 0 Å². The van der Waals surface area contributed by atoms with Crippen LogP contribution in [-0.2, 0) is 16.0 Å². The molecule has 2 aromatic carbocycles. The number of anilines is 1. The standard InChI is InChI=1S/C22H23ClN2O5S/c1-3-13-5-7-15(8-6-13)24-22-25-21(28)18(31-22)11-14-9-16(23)20(30-12-19(26)27)17(10-14)29-4-2/h5-11,22,24H,3-4,12H2,1-2H3,(H,25,28)(H,26,27)/b18-11-/t22-/m0/s1. The van der Waals surface area contributed by atoms with Crippen molar-refractivity contribution in [2.45, 2.75) is 25.8 Å². The normalized spacial score (nSPS) is 16.8. The summed E-state index contributed by atoms with van der Waals surface area (Å²) in [6.07, 6.45) is 2.67. The number of carbonyl (C=O) groups excluding carboxylic acids is 1. The molecule has 3 rings (SSSR count). The summed E-state index contributed by atoms with van der Waals surface area (Å²) in [4.78, 5) is 23.7. The molecule has 1 fully saturated rings. The Morgan fingerprint density at radius 3 is 2.65 bits per heavy atom. The van der Waals surface area contributed by atoms with Crippen molar-refractivity contribution in [2.75, 3.05) is 18.5 Å². The number of nitrogens with one attached hydrogen (secondary N) is 2. The molecule has 1 atom stereocenters. The first kappa shape index (κ1) is 22.8. The van der Waals surface area contributed by atoms with E-state index in [1.54, 1.807) is 25.1 Å². The molecule has 164 valence electrons. The zero-order chi connectivity index (χ0) is 22.4. The number of aryl methyl sites for hydroxylation is 1. The Labute approximate surface area is 189 Å². The van der Waals surface area contributed by atoms with E-state index in [2.05, 4.69) is 17.6 Å². The lowest BCUT2D eigenvalue weighted by Crippen LogP contribution is -2.30. The van der Waals surface area contributed by atoms with Crippen LogP contribution < -0.4 is 20.1 Å². The molecule has 0 aromatic heterocycles. The third-order valence-corrected chi connectivity index (χ3v) is 5.67. The fourth-order valence-corrected chi connectivity index (χ4v) is 4.17. The molecule has 9 heteroatoms. The van der Waals surface area contributed by atoms with Gasteiger partial charge in [0.2, 0.25) is 0 Å². The maximum Gasteiger partial charge on any atom is 0.341 e. The molecule has 0 unspecified atom stereocenters. The van der Waals surface area contributed by atoms with E-state index in [0.29, 0.717) is 22.8 Å². The number of carboxylic acid groups (broad SMARTS) is 1. The van der Waals surface area contributed by atoms with Crippen molar-refractivity contribution < 1.29 is 24.2 Å². The topological polar surface area (TPSA) is 96.9 Å². The van der Waals surface area contributed by atoms with Crippen LogP contribution in [0.25, 0.3) is 6.08 Å². The third-order valence-electron chi connectivity index (χ3n) is 4.36. The van der Waals surface area contributed by atoms with Gasteiger partial charge in [-0.2, -0.15) is 0 Å². The predicted molar refractivity (Wildman–Crippen MR) is 123 cm³/mol. The van der Waals surface area contributed by atoms with Crippen molar-refractivity contribution in [3.63, 3.8) is 0 Å². The Balaban J connectivity index is 1.76. The Morgan fingerprint density at radius 1 is 1.26 bits per heavy atom. The van der Waals surface area contributed by atoms with Crippen LogP contribution >= 0.6 is 23.4 Å². The maximum absolute atomic E-state index is 12.4. The van der Waals surface area contributed by atoms with Crippen molar-refractivity contribution in [3.05, 3.63) is 57.5 Å². The first-order valence-electron chi connectivity index (χ1n) is 9.75. The van der Waals surface area contributed by atoms with Crippen LogP contribution in [0.5, 0.6) is 11.5 Å². The summed E-state index contributed by atoms with van der Waals surface area (Å²) in [5, 5.41) is 15.2. The number of ether oxygens (including phenoxy) is 2. The van der Waals surface area contributed by atoms with Gasteiger partial charge in [-0.25, -0.2) is 4.79 Å². The van der Waals surface area contributed by atoms with Gasteiger partial charge in [0.1, 0.15) is 0 Å². The largest absolute Gasteiger partial charge is 0.490 e. The molecule has 31 heavy (non-hydrogen) atoms. The molecule has 1 heterocycles.